The van der Waals surface area contributed by atoms with Crippen molar-refractivity contribution in [1.82, 2.24) is 9.78 Å². The van der Waals surface area contributed by atoms with Gasteiger partial charge in [0.25, 0.3) is 0 Å². The molecule has 35 heavy (non-hydrogen) atoms. The molecule has 2 aromatic carbocycles. The normalized spacial score (nSPS) is 13.3. The first-order valence-corrected chi connectivity index (χ1v) is 10.3. The molecule has 1 heterocycles. The summed E-state index contributed by atoms with van der Waals surface area (Å²) < 4.78 is 136. The minimum absolute atomic E-state index is 0.0628. The zero-order valence-electron chi connectivity index (χ0n) is 16.9. The Balaban J connectivity index is 2.23. The molecular formula is C20H10BrClF10N2O. The van der Waals surface area contributed by atoms with Crippen LogP contribution in [0.2, 0.25) is 5.02 Å². The molecule has 3 rings (SSSR count). The molecule has 0 saturated carbocycles. The average Bonchev–Trinajstić information content (AvgIpc) is 3.15. The number of hydrogen-bond donors (Lipinski definition) is 0. The van der Waals surface area contributed by atoms with Crippen LogP contribution in [0.25, 0.3) is 16.8 Å². The molecule has 0 aliphatic rings. The highest BCUT2D eigenvalue weighted by atomic mass is 79.9. The van der Waals surface area contributed by atoms with Crippen LogP contribution in [0.5, 0.6) is 5.75 Å². The SMILES string of the molecule is Cc1cc(-c2cnn(-c3c(Br)cc(C(F)(C(F)(F)F)C(F)(F)F)cc3OC(F)(F)F)c2)ccc1Cl. The molecule has 0 bridgehead atoms. The van der Waals surface area contributed by atoms with Gasteiger partial charge in [0.05, 0.1) is 6.20 Å². The number of aryl methyl sites for hydroxylation is 1. The lowest BCUT2D eigenvalue weighted by Crippen LogP contribution is -2.50. The quantitative estimate of drug-likeness (QED) is 0.282. The molecule has 190 valence electrons. The van der Waals surface area contributed by atoms with Gasteiger partial charge in [0.1, 0.15) is 5.69 Å². The molecule has 3 nitrogen and oxygen atoms in total. The molecule has 0 fully saturated rings. The van der Waals surface area contributed by atoms with Gasteiger partial charge in [0.15, 0.2) is 5.75 Å². The van der Waals surface area contributed by atoms with Crippen LogP contribution in [0.3, 0.4) is 0 Å². The maximum absolute atomic E-state index is 14.5. The predicted octanol–water partition coefficient (Wildman–Crippen LogP) is 8.45. The molecular weight excluding hydrogens is 590 g/mol. The summed E-state index contributed by atoms with van der Waals surface area (Å²) in [5.41, 5.74) is -7.43. The first-order valence-electron chi connectivity index (χ1n) is 9.09. The lowest BCUT2D eigenvalue weighted by atomic mass is 9.93. The van der Waals surface area contributed by atoms with Crippen molar-refractivity contribution < 1.29 is 48.6 Å². The van der Waals surface area contributed by atoms with Crippen LogP contribution in [0, 0.1) is 6.92 Å². The van der Waals surface area contributed by atoms with Crippen molar-refractivity contribution in [3.05, 3.63) is 63.3 Å². The van der Waals surface area contributed by atoms with Gasteiger partial charge in [-0.15, -0.1) is 13.2 Å². The molecule has 0 unspecified atom stereocenters. The Bertz CT molecular complexity index is 1240. The second-order valence-corrected chi connectivity index (χ2v) is 8.41. The van der Waals surface area contributed by atoms with E-state index in [1.807, 2.05) is 0 Å². The van der Waals surface area contributed by atoms with E-state index in [4.69, 9.17) is 11.6 Å². The summed E-state index contributed by atoms with van der Waals surface area (Å²) in [4.78, 5) is 0. The minimum Gasteiger partial charge on any atom is -0.403 e. The van der Waals surface area contributed by atoms with Crippen molar-refractivity contribution in [2.45, 2.75) is 31.3 Å². The molecule has 1 aromatic heterocycles. The van der Waals surface area contributed by atoms with Gasteiger partial charge in [-0.05, 0) is 58.2 Å². The van der Waals surface area contributed by atoms with Crippen LogP contribution in [0.1, 0.15) is 11.1 Å². The van der Waals surface area contributed by atoms with Gasteiger partial charge in [0, 0.05) is 26.8 Å². The molecule has 0 saturated heterocycles. The van der Waals surface area contributed by atoms with Gasteiger partial charge in [-0.25, -0.2) is 9.07 Å². The number of ether oxygens (including phenoxy) is 1. The topological polar surface area (TPSA) is 27.1 Å². The van der Waals surface area contributed by atoms with Crippen LogP contribution >= 0.6 is 27.5 Å². The molecule has 0 N–H and O–H groups in total. The summed E-state index contributed by atoms with van der Waals surface area (Å²) in [5, 5.41) is 4.24. The number of aromatic nitrogens is 2. The zero-order valence-corrected chi connectivity index (χ0v) is 19.2. The fourth-order valence-electron chi connectivity index (χ4n) is 3.10. The van der Waals surface area contributed by atoms with Crippen molar-refractivity contribution in [2.24, 2.45) is 0 Å². The van der Waals surface area contributed by atoms with Crippen molar-refractivity contribution >= 4 is 27.5 Å². The van der Waals surface area contributed by atoms with Crippen LogP contribution in [-0.2, 0) is 5.67 Å². The first-order chi connectivity index (χ1) is 15.8. The monoisotopic (exact) mass is 598 g/mol. The number of hydrogen-bond acceptors (Lipinski definition) is 2. The van der Waals surface area contributed by atoms with E-state index in [1.54, 1.807) is 19.1 Å². The van der Waals surface area contributed by atoms with Crippen molar-refractivity contribution in [1.29, 1.82) is 0 Å². The maximum Gasteiger partial charge on any atom is 0.573 e. The van der Waals surface area contributed by atoms with E-state index in [-0.39, 0.29) is 12.1 Å². The molecule has 0 aliphatic heterocycles. The van der Waals surface area contributed by atoms with Gasteiger partial charge in [-0.3, -0.25) is 0 Å². The number of nitrogens with zero attached hydrogens (tertiary/aromatic N) is 2. The highest BCUT2D eigenvalue weighted by molar-refractivity contribution is 9.10. The van der Waals surface area contributed by atoms with Crippen LogP contribution in [-0.4, -0.2) is 28.5 Å². The first kappa shape index (κ1) is 27.1. The number of alkyl halides is 10. The molecule has 15 heteroatoms. The number of halogens is 12. The Hall–Kier alpha value is -2.48. The summed E-state index contributed by atoms with van der Waals surface area (Å²) in [7, 11) is 0. The van der Waals surface area contributed by atoms with Crippen LogP contribution in [0.4, 0.5) is 43.9 Å². The summed E-state index contributed by atoms with van der Waals surface area (Å²) in [6, 6.07) is 4.43. The fourth-order valence-corrected chi connectivity index (χ4v) is 3.85. The minimum atomic E-state index is -6.55. The van der Waals surface area contributed by atoms with Crippen molar-refractivity contribution in [3.8, 4) is 22.6 Å². The predicted molar refractivity (Wildman–Crippen MR) is 108 cm³/mol. The third-order valence-corrected chi connectivity index (χ3v) is 5.76. The van der Waals surface area contributed by atoms with Gasteiger partial charge in [0.2, 0.25) is 0 Å². The highest BCUT2D eigenvalue weighted by Gasteiger charge is 2.73. The maximum atomic E-state index is 14.5. The van der Waals surface area contributed by atoms with Crippen molar-refractivity contribution in [2.75, 3.05) is 0 Å². The van der Waals surface area contributed by atoms with Gasteiger partial charge < -0.3 is 4.74 Å². The molecule has 3 aromatic rings. The zero-order chi connectivity index (χ0) is 26.6. The van der Waals surface area contributed by atoms with E-state index in [0.29, 0.717) is 21.7 Å². The van der Waals surface area contributed by atoms with Gasteiger partial charge in [-0.2, -0.15) is 31.4 Å². The van der Waals surface area contributed by atoms with E-state index in [2.05, 4.69) is 25.8 Å². The second kappa shape index (κ2) is 8.87. The van der Waals surface area contributed by atoms with Crippen LogP contribution in [0.15, 0.2) is 47.2 Å². The fraction of sp³-hybridized carbons (Fsp3) is 0.250. The van der Waals surface area contributed by atoms with E-state index in [9.17, 15) is 43.9 Å². The summed E-state index contributed by atoms with van der Waals surface area (Å²) in [5.74, 6) is -1.56. The van der Waals surface area contributed by atoms with E-state index < -0.39 is 45.9 Å². The summed E-state index contributed by atoms with van der Waals surface area (Å²) in [6.45, 7) is 1.67. The molecule has 0 aliphatic carbocycles. The van der Waals surface area contributed by atoms with Crippen molar-refractivity contribution in [3.63, 3.8) is 0 Å². The van der Waals surface area contributed by atoms with Gasteiger partial charge in [-0.1, -0.05) is 17.7 Å². The Labute approximate surface area is 203 Å². The molecule has 0 radical (unpaired) electrons. The molecule has 0 atom stereocenters. The molecule has 0 amide bonds. The summed E-state index contributed by atoms with van der Waals surface area (Å²) >= 11 is 8.57. The largest absolute Gasteiger partial charge is 0.573 e. The average molecular weight is 600 g/mol. The lowest BCUT2D eigenvalue weighted by molar-refractivity contribution is -0.348. The van der Waals surface area contributed by atoms with E-state index in [1.165, 1.54) is 12.3 Å². The number of rotatable bonds is 4. The Morgan fingerprint density at radius 1 is 0.886 bits per heavy atom. The Morgan fingerprint density at radius 3 is 2.00 bits per heavy atom. The third kappa shape index (κ3) is 5.22. The summed E-state index contributed by atoms with van der Waals surface area (Å²) in [6.07, 6.45) is -16.3. The highest BCUT2D eigenvalue weighted by Crippen LogP contribution is 2.55. The third-order valence-electron chi connectivity index (χ3n) is 4.74. The van der Waals surface area contributed by atoms with Gasteiger partial charge >= 0.3 is 24.4 Å². The standard InChI is InChI=1S/C20H10BrClF10N2O/c1-9-4-10(2-3-14(9)22)11-7-33-34(8-11)16-13(21)5-12(6-15(16)35-20(30,31)32)17(23,18(24,25)26)19(27,28)29/h2-8H,1H3. The smallest absolute Gasteiger partial charge is 0.403 e. The Kier molecular flexibility index (Phi) is 6.87. The van der Waals surface area contributed by atoms with E-state index in [0.717, 1.165) is 10.9 Å². The van der Waals surface area contributed by atoms with E-state index >= 15 is 0 Å². The van der Waals surface area contributed by atoms with Crippen LogP contribution < -0.4 is 4.74 Å². The number of benzene rings is 2. The second-order valence-electron chi connectivity index (χ2n) is 7.14. The molecule has 0 spiro atoms. The Morgan fingerprint density at radius 2 is 1.49 bits per heavy atom. The lowest BCUT2D eigenvalue weighted by Gasteiger charge is -2.31.